The molecular formula is C17H17FN2O5. The number of nitro benzene ring substituents is 1. The molecule has 0 saturated heterocycles. The molecule has 2 aromatic carbocycles. The van der Waals surface area contributed by atoms with Crippen LogP contribution in [-0.2, 0) is 6.54 Å². The van der Waals surface area contributed by atoms with E-state index >= 15 is 0 Å². The lowest BCUT2D eigenvalue weighted by atomic mass is 10.1. The van der Waals surface area contributed by atoms with Gasteiger partial charge in [0, 0.05) is 12.6 Å². The van der Waals surface area contributed by atoms with Gasteiger partial charge in [0.2, 0.25) is 0 Å². The Labute approximate surface area is 143 Å². The molecule has 0 heterocycles. The van der Waals surface area contributed by atoms with Crippen LogP contribution in [0, 0.1) is 15.9 Å². The second kappa shape index (κ2) is 8.09. The van der Waals surface area contributed by atoms with Gasteiger partial charge in [-0.05, 0) is 24.6 Å². The van der Waals surface area contributed by atoms with Crippen molar-refractivity contribution in [2.45, 2.75) is 13.5 Å². The Morgan fingerprint density at radius 3 is 2.48 bits per heavy atom. The van der Waals surface area contributed by atoms with E-state index in [1.54, 1.807) is 6.92 Å². The van der Waals surface area contributed by atoms with Crippen LogP contribution in [0.15, 0.2) is 36.4 Å². The molecule has 132 valence electrons. The van der Waals surface area contributed by atoms with Gasteiger partial charge in [0.25, 0.3) is 11.6 Å². The maximum absolute atomic E-state index is 12.9. The predicted octanol–water partition coefficient (Wildman–Crippen LogP) is 3.07. The number of benzene rings is 2. The molecule has 1 N–H and O–H groups in total. The van der Waals surface area contributed by atoms with Crippen LogP contribution < -0.4 is 14.8 Å². The highest BCUT2D eigenvalue weighted by Gasteiger charge is 2.24. The maximum Gasteiger partial charge on any atom is 0.286 e. The molecule has 0 unspecified atom stereocenters. The van der Waals surface area contributed by atoms with Crippen molar-refractivity contribution < 1.29 is 23.6 Å². The fourth-order valence-electron chi connectivity index (χ4n) is 2.19. The van der Waals surface area contributed by atoms with Gasteiger partial charge in [0.1, 0.15) is 11.4 Å². The zero-order chi connectivity index (χ0) is 18.4. The Morgan fingerprint density at radius 1 is 1.24 bits per heavy atom. The monoisotopic (exact) mass is 348 g/mol. The van der Waals surface area contributed by atoms with E-state index in [0.717, 1.165) is 6.07 Å². The van der Waals surface area contributed by atoms with Crippen molar-refractivity contribution in [3.05, 3.63) is 63.5 Å². The lowest BCUT2D eigenvalue weighted by Crippen LogP contribution is -2.24. The number of methoxy groups -OCH3 is 1. The largest absolute Gasteiger partial charge is 0.493 e. The molecule has 0 saturated carbocycles. The summed E-state index contributed by atoms with van der Waals surface area (Å²) in [5.41, 5.74) is 0.128. The van der Waals surface area contributed by atoms with Crippen LogP contribution in [0.5, 0.6) is 11.5 Å². The first-order valence-corrected chi connectivity index (χ1v) is 7.48. The first-order chi connectivity index (χ1) is 12.0. The van der Waals surface area contributed by atoms with E-state index in [0.29, 0.717) is 12.2 Å². The third-order valence-electron chi connectivity index (χ3n) is 3.39. The number of nitro groups is 1. The van der Waals surface area contributed by atoms with Crippen molar-refractivity contribution in [3.63, 3.8) is 0 Å². The van der Waals surface area contributed by atoms with Crippen LogP contribution in [-0.4, -0.2) is 24.5 Å². The van der Waals surface area contributed by atoms with E-state index in [1.807, 2.05) is 0 Å². The highest BCUT2D eigenvalue weighted by molar-refractivity contribution is 5.99. The highest BCUT2D eigenvalue weighted by atomic mass is 19.1. The van der Waals surface area contributed by atoms with Gasteiger partial charge in [0.15, 0.2) is 11.5 Å². The number of nitrogens with one attached hydrogen (secondary N) is 1. The Hall–Kier alpha value is -3.16. The number of rotatable bonds is 7. The molecule has 0 atom stereocenters. The van der Waals surface area contributed by atoms with E-state index in [-0.39, 0.29) is 35.1 Å². The molecule has 0 aromatic heterocycles. The molecular weight excluding hydrogens is 331 g/mol. The van der Waals surface area contributed by atoms with E-state index < -0.39 is 10.8 Å². The average molecular weight is 348 g/mol. The molecule has 2 rings (SSSR count). The number of hydrogen-bond donors (Lipinski definition) is 1. The number of nitrogens with zero attached hydrogens (tertiary/aromatic N) is 1. The summed E-state index contributed by atoms with van der Waals surface area (Å²) in [6.07, 6.45) is 0. The molecule has 2 aromatic rings. The molecule has 0 bridgehead atoms. The smallest absolute Gasteiger partial charge is 0.286 e. The average Bonchev–Trinajstić information content (AvgIpc) is 2.60. The molecule has 0 aliphatic heterocycles. The zero-order valence-corrected chi connectivity index (χ0v) is 13.7. The molecule has 0 fully saturated rings. The fourth-order valence-corrected chi connectivity index (χ4v) is 2.19. The minimum atomic E-state index is -0.658. The lowest BCUT2D eigenvalue weighted by molar-refractivity contribution is -0.385. The molecule has 25 heavy (non-hydrogen) atoms. The summed E-state index contributed by atoms with van der Waals surface area (Å²) >= 11 is 0. The van der Waals surface area contributed by atoms with Gasteiger partial charge in [-0.1, -0.05) is 12.1 Å². The molecule has 0 aliphatic rings. The Bertz CT molecular complexity index is 777. The number of halogens is 1. The first-order valence-electron chi connectivity index (χ1n) is 7.48. The van der Waals surface area contributed by atoms with E-state index in [1.165, 1.54) is 37.4 Å². The molecule has 0 spiro atoms. The van der Waals surface area contributed by atoms with Gasteiger partial charge < -0.3 is 14.8 Å². The Morgan fingerprint density at radius 2 is 1.92 bits per heavy atom. The number of carbonyl (C=O) groups is 1. The molecule has 1 amide bonds. The Kier molecular flexibility index (Phi) is 5.89. The van der Waals surface area contributed by atoms with Gasteiger partial charge >= 0.3 is 0 Å². The summed E-state index contributed by atoms with van der Waals surface area (Å²) in [6.45, 7) is 2.13. The van der Waals surface area contributed by atoms with Crippen molar-refractivity contribution in [2.24, 2.45) is 0 Å². The molecule has 0 aliphatic carbocycles. The highest BCUT2D eigenvalue weighted by Crippen LogP contribution is 2.34. The minimum Gasteiger partial charge on any atom is -0.493 e. The van der Waals surface area contributed by atoms with Crippen LogP contribution in [0.25, 0.3) is 0 Å². The van der Waals surface area contributed by atoms with Crippen molar-refractivity contribution >= 4 is 11.6 Å². The van der Waals surface area contributed by atoms with Crippen molar-refractivity contribution in [2.75, 3.05) is 13.7 Å². The molecule has 0 radical (unpaired) electrons. The normalized spacial score (nSPS) is 10.2. The second-order valence-electron chi connectivity index (χ2n) is 5.02. The summed E-state index contributed by atoms with van der Waals surface area (Å²) < 4.78 is 23.3. The zero-order valence-electron chi connectivity index (χ0n) is 13.7. The lowest BCUT2D eigenvalue weighted by Gasteiger charge is -2.12. The van der Waals surface area contributed by atoms with Gasteiger partial charge in [0.05, 0.1) is 24.7 Å². The number of hydrogen-bond acceptors (Lipinski definition) is 5. The third kappa shape index (κ3) is 4.43. The fraction of sp³-hybridized carbons (Fsp3) is 0.235. The van der Waals surface area contributed by atoms with Crippen molar-refractivity contribution in [3.8, 4) is 11.5 Å². The summed E-state index contributed by atoms with van der Waals surface area (Å²) in [4.78, 5) is 23.0. The quantitative estimate of drug-likeness (QED) is 0.613. The van der Waals surface area contributed by atoms with Crippen LogP contribution in [0.1, 0.15) is 22.8 Å². The SMILES string of the molecule is CCOc1cc([N+](=O)[O-])c(C(=O)NCc2ccc(F)cc2)cc1OC. The summed E-state index contributed by atoms with van der Waals surface area (Å²) in [5.74, 6) is -0.620. The summed E-state index contributed by atoms with van der Waals surface area (Å²) in [5, 5.41) is 13.9. The Balaban J connectivity index is 2.27. The van der Waals surface area contributed by atoms with Gasteiger partial charge in [-0.15, -0.1) is 0 Å². The van der Waals surface area contributed by atoms with Gasteiger partial charge in [-0.25, -0.2) is 4.39 Å². The van der Waals surface area contributed by atoms with E-state index in [9.17, 15) is 19.3 Å². The minimum absolute atomic E-state index is 0.103. The summed E-state index contributed by atoms with van der Waals surface area (Å²) in [7, 11) is 1.38. The standard InChI is InChI=1S/C17H17FN2O5/c1-3-25-16-9-14(20(22)23)13(8-15(16)24-2)17(21)19-10-11-4-6-12(18)7-5-11/h4-9H,3,10H2,1-2H3,(H,19,21). The maximum atomic E-state index is 12.9. The molecule has 8 heteroatoms. The van der Waals surface area contributed by atoms with Crippen LogP contribution >= 0.6 is 0 Å². The first kappa shape index (κ1) is 18.2. The number of ether oxygens (including phenoxy) is 2. The second-order valence-corrected chi connectivity index (χ2v) is 5.02. The number of amides is 1. The topological polar surface area (TPSA) is 90.7 Å². The van der Waals surface area contributed by atoms with Crippen molar-refractivity contribution in [1.29, 1.82) is 0 Å². The van der Waals surface area contributed by atoms with Crippen LogP contribution in [0.3, 0.4) is 0 Å². The molecule has 7 nitrogen and oxygen atoms in total. The van der Waals surface area contributed by atoms with Gasteiger partial charge in [-0.2, -0.15) is 0 Å². The predicted molar refractivity (Wildman–Crippen MR) is 88.4 cm³/mol. The third-order valence-corrected chi connectivity index (χ3v) is 3.39. The van der Waals surface area contributed by atoms with Crippen molar-refractivity contribution in [1.82, 2.24) is 5.32 Å². The number of carbonyl (C=O) groups excluding carboxylic acids is 1. The van der Waals surface area contributed by atoms with Crippen LogP contribution in [0.4, 0.5) is 10.1 Å². The van der Waals surface area contributed by atoms with Crippen LogP contribution in [0.2, 0.25) is 0 Å². The van der Waals surface area contributed by atoms with E-state index in [4.69, 9.17) is 9.47 Å². The van der Waals surface area contributed by atoms with Gasteiger partial charge in [-0.3, -0.25) is 14.9 Å². The summed E-state index contributed by atoms with van der Waals surface area (Å²) in [6, 6.07) is 8.00. The van der Waals surface area contributed by atoms with E-state index in [2.05, 4.69) is 5.32 Å².